The van der Waals surface area contributed by atoms with Crippen molar-refractivity contribution in [2.45, 2.75) is 206 Å². The van der Waals surface area contributed by atoms with Gasteiger partial charge in [-0.3, -0.25) is 10.7 Å². The molecule has 3 unspecified atom stereocenters. The van der Waals surface area contributed by atoms with Crippen LogP contribution in [-0.2, 0) is 14.2 Å². The summed E-state index contributed by atoms with van der Waals surface area (Å²) in [4.78, 5) is 4.83. The van der Waals surface area contributed by atoms with E-state index in [0.29, 0.717) is 18.8 Å². The van der Waals surface area contributed by atoms with Gasteiger partial charge in [-0.1, -0.05) is 103 Å². The van der Waals surface area contributed by atoms with Crippen LogP contribution in [0.25, 0.3) is 0 Å². The number of nitrogens with one attached hydrogen (secondary N) is 1. The first-order valence-electron chi connectivity index (χ1n) is 17.4. The molecule has 0 aromatic rings. The van der Waals surface area contributed by atoms with Crippen molar-refractivity contribution >= 4 is 5.84 Å². The standard InChI is InChI=1S/C34H70N4O3/c1-9-10-11-12-13-14-15-16-17-18-19-20-21-22-23-24-25-33(36,39-27(2)3)34(40-28(4)5,41-29(6)7)32-37-26-31(38-32)30(8)35/h27-31H,9-26,35-36H2,1-8H3,(H,37,38). The third-order valence-corrected chi connectivity index (χ3v) is 7.92. The van der Waals surface area contributed by atoms with E-state index in [4.69, 9.17) is 30.7 Å². The highest BCUT2D eigenvalue weighted by atomic mass is 16.7. The maximum atomic E-state index is 7.21. The minimum atomic E-state index is -1.35. The van der Waals surface area contributed by atoms with Crippen molar-refractivity contribution in [2.24, 2.45) is 16.5 Å². The predicted molar refractivity (Wildman–Crippen MR) is 175 cm³/mol. The molecule has 7 heteroatoms. The zero-order chi connectivity index (χ0) is 30.7. The molecule has 5 N–H and O–H groups in total. The van der Waals surface area contributed by atoms with Crippen LogP contribution in [0.4, 0.5) is 0 Å². The molecule has 7 nitrogen and oxygen atoms in total. The number of unbranched alkanes of at least 4 members (excludes halogenated alkanes) is 15. The van der Waals surface area contributed by atoms with E-state index in [1.165, 1.54) is 89.9 Å². The lowest BCUT2D eigenvalue weighted by Gasteiger charge is -2.49. The minimum absolute atomic E-state index is 0.00903. The number of amidine groups is 1. The van der Waals surface area contributed by atoms with Gasteiger partial charge in [0.05, 0.1) is 30.9 Å². The second kappa shape index (κ2) is 21.1. The fraction of sp³-hybridized carbons (Fsp3) is 0.971. The molecule has 1 rings (SSSR count). The Balaban J connectivity index is 2.61. The lowest BCUT2D eigenvalue weighted by Crippen LogP contribution is -2.72. The Bertz CT molecular complexity index is 673. The van der Waals surface area contributed by atoms with Crippen LogP contribution in [0.5, 0.6) is 0 Å². The topological polar surface area (TPSA) is 104 Å². The van der Waals surface area contributed by atoms with Crippen molar-refractivity contribution in [1.82, 2.24) is 5.32 Å². The lowest BCUT2D eigenvalue weighted by atomic mass is 9.92. The average molecular weight is 583 g/mol. The van der Waals surface area contributed by atoms with E-state index in [0.717, 1.165) is 12.8 Å². The van der Waals surface area contributed by atoms with Gasteiger partial charge in [-0.25, -0.2) is 0 Å². The van der Waals surface area contributed by atoms with Crippen LogP contribution in [0.2, 0.25) is 0 Å². The number of nitrogens with two attached hydrogens (primary N) is 2. The second-order valence-corrected chi connectivity index (χ2v) is 13.4. The molecule has 1 aliphatic rings. The third-order valence-electron chi connectivity index (χ3n) is 7.92. The fourth-order valence-corrected chi connectivity index (χ4v) is 5.81. The highest BCUT2D eigenvalue weighted by Crippen LogP contribution is 2.37. The molecule has 1 aliphatic heterocycles. The molecule has 1 heterocycles. The van der Waals surface area contributed by atoms with Crippen LogP contribution in [0.3, 0.4) is 0 Å². The van der Waals surface area contributed by atoms with Gasteiger partial charge in [-0.05, 0) is 61.3 Å². The monoisotopic (exact) mass is 583 g/mol. The molecular weight excluding hydrogens is 512 g/mol. The number of hydrogen-bond donors (Lipinski definition) is 3. The van der Waals surface area contributed by atoms with Gasteiger partial charge >= 0.3 is 0 Å². The van der Waals surface area contributed by atoms with Crippen LogP contribution in [0, 0.1) is 0 Å². The molecule has 244 valence electrons. The maximum Gasteiger partial charge on any atom is 0.272 e. The van der Waals surface area contributed by atoms with E-state index in [2.05, 4.69) is 12.2 Å². The maximum absolute atomic E-state index is 7.21. The van der Waals surface area contributed by atoms with E-state index in [1.54, 1.807) is 0 Å². The second-order valence-electron chi connectivity index (χ2n) is 13.4. The van der Waals surface area contributed by atoms with Crippen LogP contribution in [0.1, 0.15) is 165 Å². The molecular formula is C34H70N4O3. The summed E-state index contributed by atoms with van der Waals surface area (Å²) in [5.74, 6) is -0.750. The lowest BCUT2D eigenvalue weighted by molar-refractivity contribution is -0.323. The van der Waals surface area contributed by atoms with Gasteiger partial charge in [-0.15, -0.1) is 0 Å². The van der Waals surface area contributed by atoms with Gasteiger partial charge in [0.2, 0.25) is 0 Å². The number of rotatable bonds is 26. The van der Waals surface area contributed by atoms with Crippen LogP contribution < -0.4 is 16.8 Å². The largest absolute Gasteiger partial charge is 0.363 e. The Morgan fingerprint density at radius 1 is 0.683 bits per heavy atom. The first kappa shape index (κ1) is 38.3. The van der Waals surface area contributed by atoms with E-state index >= 15 is 0 Å². The zero-order valence-corrected chi connectivity index (χ0v) is 28.4. The minimum Gasteiger partial charge on any atom is -0.363 e. The smallest absolute Gasteiger partial charge is 0.272 e. The molecule has 0 fully saturated rings. The SMILES string of the molecule is CCCCCCCCCCCCCCCCCCC(N)(OC(C)C)C(OC(C)C)(OC(C)C)C1=NCC(C(C)N)N1. The summed E-state index contributed by atoms with van der Waals surface area (Å²) in [6, 6.07) is -0.0553. The molecule has 41 heavy (non-hydrogen) atoms. The van der Waals surface area contributed by atoms with Gasteiger partial charge in [0.25, 0.3) is 5.79 Å². The molecule has 3 atom stereocenters. The summed E-state index contributed by atoms with van der Waals surface area (Å²) < 4.78 is 19.7. The van der Waals surface area contributed by atoms with Crippen molar-refractivity contribution in [3.8, 4) is 0 Å². The van der Waals surface area contributed by atoms with Gasteiger partial charge in [-0.2, -0.15) is 0 Å². The Morgan fingerprint density at radius 2 is 1.07 bits per heavy atom. The summed E-state index contributed by atoms with van der Waals surface area (Å²) in [5, 5.41) is 3.49. The number of aliphatic imine (C=N–C) groups is 1. The highest BCUT2D eigenvalue weighted by Gasteiger charge is 2.59. The summed E-state index contributed by atoms with van der Waals surface area (Å²) in [5.41, 5.74) is 12.2. The Kier molecular flexibility index (Phi) is 19.7. The van der Waals surface area contributed by atoms with Gasteiger partial charge in [0.15, 0.2) is 11.6 Å². The molecule has 0 bridgehead atoms. The average Bonchev–Trinajstić information content (AvgIpc) is 3.38. The molecule has 0 aromatic heterocycles. The van der Waals surface area contributed by atoms with Crippen LogP contribution >= 0.6 is 0 Å². The van der Waals surface area contributed by atoms with Crippen molar-refractivity contribution in [3.63, 3.8) is 0 Å². The van der Waals surface area contributed by atoms with Crippen molar-refractivity contribution in [3.05, 3.63) is 0 Å². The van der Waals surface area contributed by atoms with E-state index in [-0.39, 0.29) is 30.4 Å². The summed E-state index contributed by atoms with van der Waals surface area (Å²) >= 11 is 0. The fourth-order valence-electron chi connectivity index (χ4n) is 5.81. The normalized spacial score (nSPS) is 18.3. The van der Waals surface area contributed by atoms with E-state index in [9.17, 15) is 0 Å². The number of hydrogen-bond acceptors (Lipinski definition) is 7. The first-order valence-corrected chi connectivity index (χ1v) is 17.4. The van der Waals surface area contributed by atoms with Gasteiger partial charge in [0.1, 0.15) is 0 Å². The van der Waals surface area contributed by atoms with Crippen LogP contribution in [-0.4, -0.2) is 54.3 Å². The van der Waals surface area contributed by atoms with Crippen LogP contribution in [0.15, 0.2) is 4.99 Å². The highest BCUT2D eigenvalue weighted by molar-refractivity contribution is 5.92. The van der Waals surface area contributed by atoms with Gasteiger partial charge in [0, 0.05) is 6.04 Å². The molecule has 0 aliphatic carbocycles. The molecule has 0 saturated carbocycles. The third kappa shape index (κ3) is 14.5. The zero-order valence-electron chi connectivity index (χ0n) is 28.4. The van der Waals surface area contributed by atoms with Gasteiger partial charge < -0.3 is 25.3 Å². The Morgan fingerprint density at radius 3 is 1.41 bits per heavy atom. The Labute approximate surface area is 254 Å². The van der Waals surface area contributed by atoms with E-state index < -0.39 is 11.5 Å². The molecule has 0 spiro atoms. The van der Waals surface area contributed by atoms with Crippen molar-refractivity contribution in [2.75, 3.05) is 6.54 Å². The molecule has 0 aromatic carbocycles. The Hall–Kier alpha value is -0.730. The van der Waals surface area contributed by atoms with Crippen molar-refractivity contribution < 1.29 is 14.2 Å². The molecule has 0 amide bonds. The molecule has 0 saturated heterocycles. The van der Waals surface area contributed by atoms with E-state index in [1.807, 2.05) is 48.5 Å². The quantitative estimate of drug-likeness (QED) is 0.0705. The number of ether oxygens (including phenoxy) is 3. The molecule has 0 radical (unpaired) electrons. The van der Waals surface area contributed by atoms with Crippen molar-refractivity contribution in [1.29, 1.82) is 0 Å². The number of nitrogens with zero attached hydrogens (tertiary/aromatic N) is 1. The summed E-state index contributed by atoms with van der Waals surface area (Å²) in [6.45, 7) is 16.9. The summed E-state index contributed by atoms with van der Waals surface area (Å²) in [7, 11) is 0. The predicted octanol–water partition coefficient (Wildman–Crippen LogP) is 7.98. The first-order chi connectivity index (χ1) is 19.5. The summed E-state index contributed by atoms with van der Waals surface area (Å²) in [6.07, 6.45) is 21.5.